The Morgan fingerprint density at radius 2 is 2.50 bits per heavy atom. The zero-order chi connectivity index (χ0) is 4.99. The van der Waals surface area contributed by atoms with Gasteiger partial charge in [-0.3, -0.25) is 0 Å². The third-order valence-electron chi connectivity index (χ3n) is 0.231. The van der Waals surface area contributed by atoms with Crippen molar-refractivity contribution >= 4 is 46.9 Å². The Balaban J connectivity index is 3.30. The Bertz CT molecular complexity index is 81.6. The van der Waals surface area contributed by atoms with Gasteiger partial charge in [-0.1, -0.05) is 0 Å². The molecule has 0 heterocycles. The van der Waals surface area contributed by atoms with E-state index in [1.807, 2.05) is 29.8 Å². The van der Waals surface area contributed by atoms with Crippen LogP contribution < -0.4 is 0 Å². The van der Waals surface area contributed by atoms with E-state index >= 15 is 0 Å². The molecule has 0 fully saturated rings. The van der Waals surface area contributed by atoms with Gasteiger partial charge in [-0.2, -0.15) is 0 Å². The summed E-state index contributed by atoms with van der Waals surface area (Å²) in [6, 6.07) is 0. The average Bonchev–Trinajstić information content (AvgIpc) is 1.35. The summed E-state index contributed by atoms with van der Waals surface area (Å²) >= 11 is 6.53. The molecule has 0 saturated carbocycles. The van der Waals surface area contributed by atoms with Gasteiger partial charge < -0.3 is 0 Å². The summed E-state index contributed by atoms with van der Waals surface area (Å²) in [5.41, 5.74) is 0. The third kappa shape index (κ3) is 4.68. The van der Waals surface area contributed by atoms with Crippen LogP contribution in [0, 0.1) is 0 Å². The van der Waals surface area contributed by atoms with Crippen LogP contribution in [0.1, 0.15) is 6.92 Å². The van der Waals surface area contributed by atoms with E-state index in [2.05, 4.69) is 15.3 Å². The van der Waals surface area contributed by atoms with E-state index in [-0.39, 0.29) is 0 Å². The van der Waals surface area contributed by atoms with E-state index in [9.17, 15) is 0 Å². The van der Waals surface area contributed by atoms with Crippen LogP contribution in [0.15, 0.2) is 3.11 Å². The van der Waals surface area contributed by atoms with Gasteiger partial charge in [-0.15, -0.1) is 0 Å². The van der Waals surface area contributed by atoms with Crippen LogP contribution in [0.3, 0.4) is 0 Å². The van der Waals surface area contributed by atoms with Gasteiger partial charge in [0, 0.05) is 0 Å². The molecular formula is C2H3BINS. The van der Waals surface area contributed by atoms with Crippen LogP contribution in [0.2, 0.25) is 0 Å². The normalized spacial score (nSPS) is 8.33. The Labute approximate surface area is 57.0 Å². The summed E-state index contributed by atoms with van der Waals surface area (Å²) in [6.45, 7) is 1.83. The number of halogens is 1. The maximum atomic E-state index is 4.64. The van der Waals surface area contributed by atoms with Crippen molar-refractivity contribution in [1.29, 1.82) is 0 Å². The van der Waals surface area contributed by atoms with Gasteiger partial charge in [0.1, 0.15) is 0 Å². The number of nitrogens with zero attached hydrogens (tertiary/aromatic N) is 1. The first kappa shape index (κ1) is 6.68. The van der Waals surface area contributed by atoms with Crippen LogP contribution in [0.4, 0.5) is 0 Å². The number of rotatable bonds is 1. The topological polar surface area (TPSA) is 12.4 Å². The molecule has 0 atom stereocenters. The monoisotopic (exact) mass is 211 g/mol. The van der Waals surface area contributed by atoms with Crippen molar-refractivity contribution in [3.63, 3.8) is 0 Å². The van der Waals surface area contributed by atoms with E-state index < -0.39 is 0 Å². The van der Waals surface area contributed by atoms with Gasteiger partial charge in [0.15, 0.2) is 0 Å². The summed E-state index contributed by atoms with van der Waals surface area (Å²) in [5, 5.41) is 0. The Morgan fingerprint density at radius 1 is 2.00 bits per heavy atom. The summed E-state index contributed by atoms with van der Waals surface area (Å²) in [6.07, 6.45) is 0. The fourth-order valence-electron chi connectivity index (χ4n) is 0.0687. The molecule has 0 N–H and O–H groups in total. The van der Waals surface area contributed by atoms with Crippen LogP contribution >= 0.6 is 35.1 Å². The molecule has 1 nitrogen and oxygen atoms in total. The Morgan fingerprint density at radius 3 is 2.50 bits per heavy atom. The quantitative estimate of drug-likeness (QED) is 0.364. The maximum absolute atomic E-state index is 4.64. The molecule has 32 valence electrons. The standard InChI is InChI=1S/C2H3BINS/c1-2(6)3-5-4/h1H3. The molecule has 0 radical (unpaired) electrons. The first-order valence-electron chi connectivity index (χ1n) is 1.42. The van der Waals surface area contributed by atoms with E-state index in [1.54, 1.807) is 7.07 Å². The van der Waals surface area contributed by atoms with Gasteiger partial charge in [0.2, 0.25) is 0 Å². The fourth-order valence-corrected chi connectivity index (χ4v) is 0.728. The van der Waals surface area contributed by atoms with Gasteiger partial charge in [0.25, 0.3) is 0 Å². The van der Waals surface area contributed by atoms with Crippen molar-refractivity contribution in [2.24, 2.45) is 3.11 Å². The zero-order valence-electron chi connectivity index (χ0n) is 3.31. The molecule has 0 aliphatic rings. The first-order chi connectivity index (χ1) is 2.77. The molecule has 0 aromatic heterocycles. The number of hydrogen-bond acceptors (Lipinski definition) is 2. The predicted molar refractivity (Wildman–Crippen MR) is 40.5 cm³/mol. The third-order valence-corrected chi connectivity index (χ3v) is 0.615. The SMILES string of the molecule is CC(=S)B=NI. The molecule has 6 heavy (non-hydrogen) atoms. The Kier molecular flexibility index (Phi) is 4.30. The summed E-state index contributed by atoms with van der Waals surface area (Å²) in [5.74, 6) is 0. The molecule has 0 unspecified atom stereocenters. The van der Waals surface area contributed by atoms with Crippen LogP contribution in [0.5, 0.6) is 0 Å². The fraction of sp³-hybridized carbons (Fsp3) is 0.500. The molecule has 0 aliphatic heterocycles. The number of hydrogen-bond donors (Lipinski definition) is 0. The minimum atomic E-state index is 0.824. The second-order valence-electron chi connectivity index (χ2n) is 0.837. The van der Waals surface area contributed by atoms with E-state index in [0.29, 0.717) is 0 Å². The second-order valence-corrected chi connectivity index (χ2v) is 2.04. The molecule has 4 heteroatoms. The predicted octanol–water partition coefficient (Wildman–Crippen LogP) is 1.57. The molecule has 0 amide bonds. The van der Waals surface area contributed by atoms with E-state index in [0.717, 1.165) is 4.76 Å². The molecule has 0 aromatic carbocycles. The van der Waals surface area contributed by atoms with Crippen molar-refractivity contribution < 1.29 is 0 Å². The zero-order valence-corrected chi connectivity index (χ0v) is 6.28. The van der Waals surface area contributed by atoms with Gasteiger partial charge >= 0.3 is 57.0 Å². The molecular weight excluding hydrogens is 208 g/mol. The molecule has 0 spiro atoms. The molecule has 0 aromatic rings. The van der Waals surface area contributed by atoms with Gasteiger partial charge in [-0.05, 0) is 0 Å². The van der Waals surface area contributed by atoms with Crippen molar-refractivity contribution in [2.45, 2.75) is 6.92 Å². The molecule has 0 rings (SSSR count). The van der Waals surface area contributed by atoms with Crippen molar-refractivity contribution in [3.8, 4) is 0 Å². The van der Waals surface area contributed by atoms with Gasteiger partial charge in [0.05, 0.1) is 0 Å². The summed E-state index contributed by atoms with van der Waals surface area (Å²) < 4.78 is 4.46. The summed E-state index contributed by atoms with van der Waals surface area (Å²) in [7, 11) is 1.63. The molecule has 0 bridgehead atoms. The minimum absolute atomic E-state index is 0.824. The van der Waals surface area contributed by atoms with Crippen LogP contribution in [-0.4, -0.2) is 11.8 Å². The molecule has 0 aliphatic carbocycles. The van der Waals surface area contributed by atoms with Crippen molar-refractivity contribution in [1.82, 2.24) is 0 Å². The first-order valence-corrected chi connectivity index (χ1v) is 2.79. The second kappa shape index (κ2) is 3.86. The van der Waals surface area contributed by atoms with E-state index in [1.165, 1.54) is 0 Å². The number of thiocarbonyl (C=S) groups is 1. The van der Waals surface area contributed by atoms with Crippen LogP contribution in [0.25, 0.3) is 0 Å². The average molecular weight is 211 g/mol. The van der Waals surface area contributed by atoms with Gasteiger partial charge in [-0.25, -0.2) is 0 Å². The summed E-state index contributed by atoms with van der Waals surface area (Å²) in [4.78, 5) is 0. The Hall–Kier alpha value is 0.685. The van der Waals surface area contributed by atoms with Crippen LogP contribution in [-0.2, 0) is 0 Å². The molecule has 0 saturated heterocycles. The van der Waals surface area contributed by atoms with Crippen molar-refractivity contribution in [3.05, 3.63) is 0 Å². The van der Waals surface area contributed by atoms with E-state index in [4.69, 9.17) is 0 Å². The van der Waals surface area contributed by atoms with Crippen molar-refractivity contribution in [2.75, 3.05) is 0 Å².